The molecule has 1 N–H and O–H groups in total. The van der Waals surface area contributed by atoms with Gasteiger partial charge in [0.1, 0.15) is 0 Å². The lowest BCUT2D eigenvalue weighted by molar-refractivity contribution is 0.569. The Morgan fingerprint density at radius 2 is 2.12 bits per heavy atom. The van der Waals surface area contributed by atoms with Crippen molar-refractivity contribution < 1.29 is 0 Å². The maximum atomic E-state index is 3.43. The van der Waals surface area contributed by atoms with Crippen molar-refractivity contribution >= 4 is 5.69 Å². The summed E-state index contributed by atoms with van der Waals surface area (Å²) in [7, 11) is 0. The maximum absolute atomic E-state index is 3.43. The molecule has 1 unspecified atom stereocenters. The van der Waals surface area contributed by atoms with Crippen LogP contribution in [-0.4, -0.2) is 19.6 Å². The topological polar surface area (TPSA) is 15.3 Å². The second kappa shape index (κ2) is 6.06. The van der Waals surface area contributed by atoms with Gasteiger partial charge in [-0.2, -0.15) is 0 Å². The van der Waals surface area contributed by atoms with Gasteiger partial charge >= 0.3 is 0 Å². The highest BCUT2D eigenvalue weighted by Gasteiger charge is 2.22. The van der Waals surface area contributed by atoms with E-state index in [1.807, 2.05) is 0 Å². The molecule has 1 fully saturated rings. The van der Waals surface area contributed by atoms with Crippen LogP contribution in [-0.2, 0) is 6.54 Å². The molecule has 2 heteroatoms. The first kappa shape index (κ1) is 12.4. The number of rotatable bonds is 5. The average Bonchev–Trinajstić information content (AvgIpc) is 2.85. The van der Waals surface area contributed by atoms with E-state index in [2.05, 4.69) is 48.3 Å². The third-order valence-electron chi connectivity index (χ3n) is 3.76. The molecule has 94 valence electrons. The minimum Gasteiger partial charge on any atom is -0.371 e. The smallest absolute Gasteiger partial charge is 0.0411 e. The van der Waals surface area contributed by atoms with Crippen molar-refractivity contribution in [3.63, 3.8) is 0 Å². The molecule has 2 rings (SSSR count). The summed E-state index contributed by atoms with van der Waals surface area (Å²) >= 11 is 0. The third kappa shape index (κ3) is 3.01. The highest BCUT2D eigenvalue weighted by molar-refractivity contribution is 5.54. The number of anilines is 1. The molecule has 0 aromatic heterocycles. The first-order valence-electron chi connectivity index (χ1n) is 6.88. The van der Waals surface area contributed by atoms with E-state index in [1.54, 1.807) is 0 Å². The summed E-state index contributed by atoms with van der Waals surface area (Å²) in [4.78, 5) is 2.56. The highest BCUT2D eigenvalue weighted by Crippen LogP contribution is 2.28. The number of nitrogens with one attached hydrogen (secondary N) is 1. The van der Waals surface area contributed by atoms with E-state index in [0.29, 0.717) is 0 Å². The van der Waals surface area contributed by atoms with E-state index in [1.165, 1.54) is 37.2 Å². The molecule has 0 aliphatic carbocycles. The Morgan fingerprint density at radius 3 is 2.82 bits per heavy atom. The SMILES string of the molecule is CCNCc1ccccc1N1CCC(CC)C1. The Bertz CT molecular complexity index is 349. The molecule has 0 bridgehead atoms. The van der Waals surface area contributed by atoms with E-state index in [9.17, 15) is 0 Å². The van der Waals surface area contributed by atoms with Crippen LogP contribution in [0, 0.1) is 5.92 Å². The molecule has 1 saturated heterocycles. The minimum atomic E-state index is 0.891. The Balaban J connectivity index is 2.09. The molecule has 1 aromatic carbocycles. The zero-order valence-electron chi connectivity index (χ0n) is 11.1. The predicted molar refractivity (Wildman–Crippen MR) is 74.4 cm³/mol. The van der Waals surface area contributed by atoms with Crippen LogP contribution in [0.25, 0.3) is 0 Å². The monoisotopic (exact) mass is 232 g/mol. The van der Waals surface area contributed by atoms with Crippen LogP contribution in [0.1, 0.15) is 32.3 Å². The molecule has 0 spiro atoms. The van der Waals surface area contributed by atoms with Gasteiger partial charge in [-0.25, -0.2) is 0 Å². The fraction of sp³-hybridized carbons (Fsp3) is 0.600. The quantitative estimate of drug-likeness (QED) is 0.839. The number of hydrogen-bond donors (Lipinski definition) is 1. The van der Waals surface area contributed by atoms with Crippen LogP contribution in [0.15, 0.2) is 24.3 Å². The fourth-order valence-corrected chi connectivity index (χ4v) is 2.61. The van der Waals surface area contributed by atoms with Crippen LogP contribution in [0.2, 0.25) is 0 Å². The van der Waals surface area contributed by atoms with Crippen molar-refractivity contribution in [3.05, 3.63) is 29.8 Å². The van der Waals surface area contributed by atoms with Crippen LogP contribution in [0.4, 0.5) is 5.69 Å². The van der Waals surface area contributed by atoms with Crippen molar-refractivity contribution in [2.24, 2.45) is 5.92 Å². The van der Waals surface area contributed by atoms with Gasteiger partial charge in [-0.3, -0.25) is 0 Å². The highest BCUT2D eigenvalue weighted by atomic mass is 15.2. The van der Waals surface area contributed by atoms with Gasteiger partial charge in [0.25, 0.3) is 0 Å². The zero-order valence-corrected chi connectivity index (χ0v) is 11.1. The predicted octanol–water partition coefficient (Wildman–Crippen LogP) is 3.03. The normalized spacial score (nSPS) is 19.9. The number of hydrogen-bond acceptors (Lipinski definition) is 2. The molecular formula is C15H24N2. The second-order valence-electron chi connectivity index (χ2n) is 4.92. The molecule has 0 radical (unpaired) electrons. The Hall–Kier alpha value is -1.02. The Morgan fingerprint density at radius 1 is 1.29 bits per heavy atom. The van der Waals surface area contributed by atoms with Gasteiger partial charge in [-0.05, 0) is 30.5 Å². The second-order valence-corrected chi connectivity index (χ2v) is 4.92. The summed E-state index contributed by atoms with van der Waals surface area (Å²) in [5.41, 5.74) is 2.87. The zero-order chi connectivity index (χ0) is 12.1. The van der Waals surface area contributed by atoms with Crippen LogP contribution < -0.4 is 10.2 Å². The molecule has 1 aliphatic heterocycles. The van der Waals surface area contributed by atoms with Gasteiger partial charge < -0.3 is 10.2 Å². The molecule has 1 atom stereocenters. The molecule has 1 heterocycles. The summed E-state index contributed by atoms with van der Waals surface area (Å²) in [5.74, 6) is 0.891. The van der Waals surface area contributed by atoms with Crippen molar-refractivity contribution in [3.8, 4) is 0 Å². The largest absolute Gasteiger partial charge is 0.371 e. The molecule has 0 saturated carbocycles. The summed E-state index contributed by atoms with van der Waals surface area (Å²) in [6, 6.07) is 8.82. The Labute approximate surface area is 105 Å². The summed E-state index contributed by atoms with van der Waals surface area (Å²) in [6.07, 6.45) is 2.66. The van der Waals surface area contributed by atoms with Crippen molar-refractivity contribution in [1.82, 2.24) is 5.32 Å². The molecule has 2 nitrogen and oxygen atoms in total. The Kier molecular flexibility index (Phi) is 4.43. The number of nitrogens with zero attached hydrogens (tertiary/aromatic N) is 1. The van der Waals surface area contributed by atoms with Gasteiger partial charge in [0, 0.05) is 25.3 Å². The fourth-order valence-electron chi connectivity index (χ4n) is 2.61. The molecule has 1 aliphatic rings. The lowest BCUT2D eigenvalue weighted by Crippen LogP contribution is -2.22. The van der Waals surface area contributed by atoms with Crippen LogP contribution >= 0.6 is 0 Å². The van der Waals surface area contributed by atoms with E-state index in [-0.39, 0.29) is 0 Å². The van der Waals surface area contributed by atoms with Gasteiger partial charge in [-0.15, -0.1) is 0 Å². The summed E-state index contributed by atoms with van der Waals surface area (Å²) in [6.45, 7) is 8.94. The van der Waals surface area contributed by atoms with Gasteiger partial charge in [0.2, 0.25) is 0 Å². The standard InChI is InChI=1S/C15H24N2/c1-3-13-9-10-17(12-13)15-8-6-5-7-14(15)11-16-4-2/h5-8,13,16H,3-4,9-12H2,1-2H3. The minimum absolute atomic E-state index is 0.891. The molecule has 1 aromatic rings. The summed E-state index contributed by atoms with van der Waals surface area (Å²) < 4.78 is 0. The lowest BCUT2D eigenvalue weighted by atomic mass is 10.1. The van der Waals surface area contributed by atoms with Gasteiger partial charge in [-0.1, -0.05) is 38.5 Å². The first-order chi connectivity index (χ1) is 8.35. The van der Waals surface area contributed by atoms with Gasteiger partial charge in [0.15, 0.2) is 0 Å². The van der Waals surface area contributed by atoms with Crippen LogP contribution in [0.5, 0.6) is 0 Å². The van der Waals surface area contributed by atoms with E-state index < -0.39 is 0 Å². The molecular weight excluding hydrogens is 208 g/mol. The maximum Gasteiger partial charge on any atom is 0.0411 e. The number of para-hydroxylation sites is 1. The van der Waals surface area contributed by atoms with E-state index in [0.717, 1.165) is 19.0 Å². The summed E-state index contributed by atoms with van der Waals surface area (Å²) in [5, 5.41) is 3.43. The third-order valence-corrected chi connectivity index (χ3v) is 3.76. The average molecular weight is 232 g/mol. The first-order valence-corrected chi connectivity index (χ1v) is 6.88. The van der Waals surface area contributed by atoms with Crippen LogP contribution in [0.3, 0.4) is 0 Å². The molecule has 0 amide bonds. The van der Waals surface area contributed by atoms with E-state index in [4.69, 9.17) is 0 Å². The van der Waals surface area contributed by atoms with Crippen molar-refractivity contribution in [2.75, 3.05) is 24.5 Å². The number of benzene rings is 1. The van der Waals surface area contributed by atoms with Crippen molar-refractivity contribution in [2.45, 2.75) is 33.2 Å². The molecule has 17 heavy (non-hydrogen) atoms. The van der Waals surface area contributed by atoms with E-state index >= 15 is 0 Å². The van der Waals surface area contributed by atoms with Gasteiger partial charge in [0.05, 0.1) is 0 Å². The lowest BCUT2D eigenvalue weighted by Gasteiger charge is -2.22. The van der Waals surface area contributed by atoms with Crippen molar-refractivity contribution in [1.29, 1.82) is 0 Å².